The summed E-state index contributed by atoms with van der Waals surface area (Å²) in [6.07, 6.45) is 8.10. The number of nitrogens with zero attached hydrogens (tertiary/aromatic N) is 1. The Balaban J connectivity index is 2.17. The zero-order valence-corrected chi connectivity index (χ0v) is 12.0. The quantitative estimate of drug-likeness (QED) is 0.582. The average Bonchev–Trinajstić information content (AvgIpc) is 2.54. The zero-order chi connectivity index (χ0) is 13.4. The predicted molar refractivity (Wildman–Crippen MR) is 76.6 cm³/mol. The van der Waals surface area contributed by atoms with E-state index in [2.05, 4.69) is 16.8 Å². The molecule has 0 atom stereocenters. The fourth-order valence-corrected chi connectivity index (χ4v) is 2.56. The molecule has 1 aliphatic carbocycles. The lowest BCUT2D eigenvalue weighted by Gasteiger charge is -2.19. The van der Waals surface area contributed by atoms with Crippen LogP contribution in [0.3, 0.4) is 0 Å². The Morgan fingerprint density at radius 1 is 1.28 bits per heavy atom. The molecule has 3 nitrogen and oxygen atoms in total. The molecule has 104 valence electrons. The van der Waals surface area contributed by atoms with Gasteiger partial charge in [0.2, 0.25) is 5.91 Å². The summed E-state index contributed by atoms with van der Waals surface area (Å²) in [5.74, 6) is 0.204. The molecule has 1 fully saturated rings. The summed E-state index contributed by atoms with van der Waals surface area (Å²) in [6, 6.07) is 0.423. The number of carbonyl (C=O) groups excluding carboxylic acids is 1. The molecule has 0 saturated heterocycles. The first-order chi connectivity index (χ1) is 8.58. The van der Waals surface area contributed by atoms with Crippen LogP contribution in [-0.4, -0.2) is 37.0 Å². The number of amides is 1. The predicted octanol–water partition coefficient (Wildman–Crippen LogP) is 2.72. The monoisotopic (exact) mass is 252 g/mol. The minimum Gasteiger partial charge on any atom is -0.353 e. The third kappa shape index (κ3) is 6.80. The Hall–Kier alpha value is -0.830. The van der Waals surface area contributed by atoms with E-state index in [1.165, 1.54) is 25.7 Å². The molecule has 0 spiro atoms. The molecule has 1 N–H and O–H groups in total. The molecular formula is C15H28N2O. The molecule has 1 saturated carbocycles. The maximum absolute atomic E-state index is 11.9. The first-order valence-corrected chi connectivity index (χ1v) is 7.20. The van der Waals surface area contributed by atoms with Gasteiger partial charge in [0.15, 0.2) is 0 Å². The van der Waals surface area contributed by atoms with E-state index in [9.17, 15) is 4.79 Å². The highest BCUT2D eigenvalue weighted by atomic mass is 16.1. The first-order valence-electron chi connectivity index (χ1n) is 7.20. The van der Waals surface area contributed by atoms with Crippen LogP contribution in [0.2, 0.25) is 0 Å². The minimum atomic E-state index is 0.204. The lowest BCUT2D eigenvalue weighted by atomic mass is 10.1. The highest BCUT2D eigenvalue weighted by Crippen LogP contribution is 2.17. The molecule has 1 aliphatic rings. The molecule has 1 amide bonds. The maximum Gasteiger partial charge on any atom is 0.221 e. The fraction of sp³-hybridized carbons (Fsp3) is 0.800. The van der Waals surface area contributed by atoms with Crippen molar-refractivity contribution in [2.24, 2.45) is 0 Å². The Labute approximate surface area is 112 Å². The number of likely N-dealkylation sites (N-methyl/N-ethyl adjacent to an activating group) is 1. The number of hydrogen-bond acceptors (Lipinski definition) is 2. The number of rotatable bonds is 6. The van der Waals surface area contributed by atoms with E-state index in [1.807, 2.05) is 14.0 Å². The molecular weight excluding hydrogens is 224 g/mol. The van der Waals surface area contributed by atoms with Crippen molar-refractivity contribution in [3.63, 3.8) is 0 Å². The van der Waals surface area contributed by atoms with Gasteiger partial charge >= 0.3 is 0 Å². The van der Waals surface area contributed by atoms with Crippen molar-refractivity contribution in [2.45, 2.75) is 57.9 Å². The van der Waals surface area contributed by atoms with Gasteiger partial charge in [-0.05, 0) is 26.8 Å². The molecule has 0 bridgehead atoms. The van der Waals surface area contributed by atoms with Gasteiger partial charge in [0, 0.05) is 25.6 Å². The lowest BCUT2D eigenvalue weighted by molar-refractivity contribution is -0.122. The van der Waals surface area contributed by atoms with Gasteiger partial charge in [-0.2, -0.15) is 0 Å². The van der Waals surface area contributed by atoms with Crippen LogP contribution in [0.25, 0.3) is 0 Å². The molecule has 0 aliphatic heterocycles. The van der Waals surface area contributed by atoms with E-state index < -0.39 is 0 Å². The van der Waals surface area contributed by atoms with Crippen LogP contribution in [0.15, 0.2) is 12.2 Å². The summed E-state index contributed by atoms with van der Waals surface area (Å²) in [4.78, 5) is 14.0. The second-order valence-electron chi connectivity index (χ2n) is 5.70. The Morgan fingerprint density at radius 2 is 1.89 bits per heavy atom. The molecule has 0 heterocycles. The van der Waals surface area contributed by atoms with Crippen molar-refractivity contribution in [3.05, 3.63) is 12.2 Å². The van der Waals surface area contributed by atoms with Gasteiger partial charge in [0.05, 0.1) is 0 Å². The van der Waals surface area contributed by atoms with Crippen LogP contribution in [0.1, 0.15) is 51.9 Å². The number of carbonyl (C=O) groups is 1. The first kappa shape index (κ1) is 15.2. The highest BCUT2D eigenvalue weighted by Gasteiger charge is 2.14. The molecule has 3 heteroatoms. The summed E-state index contributed by atoms with van der Waals surface area (Å²) in [6.45, 7) is 7.58. The van der Waals surface area contributed by atoms with E-state index in [4.69, 9.17) is 0 Å². The summed E-state index contributed by atoms with van der Waals surface area (Å²) in [7, 11) is 2.04. The van der Waals surface area contributed by atoms with Gasteiger partial charge in [-0.3, -0.25) is 4.79 Å². The molecule has 0 unspecified atom stereocenters. The van der Waals surface area contributed by atoms with Crippen LogP contribution in [-0.2, 0) is 4.79 Å². The van der Waals surface area contributed by atoms with Crippen LogP contribution in [0, 0.1) is 0 Å². The summed E-state index contributed by atoms with van der Waals surface area (Å²) >= 11 is 0. The van der Waals surface area contributed by atoms with Crippen LogP contribution in [0.4, 0.5) is 0 Å². The van der Waals surface area contributed by atoms with Gasteiger partial charge in [-0.15, -0.1) is 0 Å². The largest absolute Gasteiger partial charge is 0.353 e. The van der Waals surface area contributed by atoms with Crippen LogP contribution >= 0.6 is 0 Å². The van der Waals surface area contributed by atoms with Gasteiger partial charge in [0.1, 0.15) is 0 Å². The van der Waals surface area contributed by atoms with E-state index in [-0.39, 0.29) is 5.91 Å². The maximum atomic E-state index is 11.9. The Morgan fingerprint density at radius 3 is 2.44 bits per heavy atom. The second kappa shape index (κ2) is 8.30. The topological polar surface area (TPSA) is 32.3 Å². The van der Waals surface area contributed by atoms with Gasteiger partial charge in [0.25, 0.3) is 0 Å². The third-order valence-corrected chi connectivity index (χ3v) is 3.48. The molecule has 0 aromatic carbocycles. The third-order valence-electron chi connectivity index (χ3n) is 3.48. The van der Waals surface area contributed by atoms with E-state index in [1.54, 1.807) is 0 Å². The number of hydrogen-bond donors (Lipinski definition) is 1. The lowest BCUT2D eigenvalue weighted by Crippen LogP contribution is -2.36. The SMILES string of the molecule is C=C(C)CN(C)CCC(=O)NC1CCCCCC1. The minimum absolute atomic E-state index is 0.204. The van der Waals surface area contributed by atoms with Crippen LogP contribution < -0.4 is 5.32 Å². The summed E-state index contributed by atoms with van der Waals surface area (Å²) < 4.78 is 0. The van der Waals surface area contributed by atoms with Gasteiger partial charge < -0.3 is 10.2 Å². The van der Waals surface area contributed by atoms with Crippen molar-refractivity contribution >= 4 is 5.91 Å². The summed E-state index contributed by atoms with van der Waals surface area (Å²) in [5, 5.41) is 3.18. The van der Waals surface area contributed by atoms with E-state index in [0.29, 0.717) is 12.5 Å². The smallest absolute Gasteiger partial charge is 0.221 e. The van der Waals surface area contributed by atoms with E-state index in [0.717, 1.165) is 31.5 Å². The van der Waals surface area contributed by atoms with Crippen molar-refractivity contribution in [2.75, 3.05) is 20.1 Å². The fourth-order valence-electron chi connectivity index (χ4n) is 2.56. The van der Waals surface area contributed by atoms with Crippen molar-refractivity contribution < 1.29 is 4.79 Å². The number of nitrogens with one attached hydrogen (secondary N) is 1. The molecule has 18 heavy (non-hydrogen) atoms. The normalized spacial score (nSPS) is 17.5. The molecule has 0 radical (unpaired) electrons. The van der Waals surface area contributed by atoms with Crippen molar-refractivity contribution in [1.82, 2.24) is 10.2 Å². The Bertz CT molecular complexity index is 268. The van der Waals surface area contributed by atoms with E-state index >= 15 is 0 Å². The molecule has 0 aromatic heterocycles. The van der Waals surface area contributed by atoms with Crippen molar-refractivity contribution in [3.8, 4) is 0 Å². The summed E-state index contributed by atoms with van der Waals surface area (Å²) in [5.41, 5.74) is 1.14. The van der Waals surface area contributed by atoms with Gasteiger partial charge in [-0.1, -0.05) is 37.8 Å². The molecule has 1 rings (SSSR count). The molecule has 0 aromatic rings. The average molecular weight is 252 g/mol. The van der Waals surface area contributed by atoms with Crippen molar-refractivity contribution in [1.29, 1.82) is 0 Å². The standard InChI is InChI=1S/C15H28N2O/c1-13(2)12-17(3)11-10-15(18)16-14-8-6-4-5-7-9-14/h14H,1,4-12H2,2-3H3,(H,16,18). The zero-order valence-electron chi connectivity index (χ0n) is 12.0. The van der Waals surface area contributed by atoms with Crippen LogP contribution in [0.5, 0.6) is 0 Å². The second-order valence-corrected chi connectivity index (χ2v) is 5.70. The van der Waals surface area contributed by atoms with Gasteiger partial charge in [-0.25, -0.2) is 0 Å². The Kier molecular flexibility index (Phi) is 7.02. The highest BCUT2D eigenvalue weighted by molar-refractivity contribution is 5.76.